The number of carbonyl (C=O) groups excluding carboxylic acids is 1. The van der Waals surface area contributed by atoms with Crippen LogP contribution in [0.5, 0.6) is 0 Å². The average Bonchev–Trinajstić information content (AvgIpc) is 3.29. The van der Waals surface area contributed by atoms with E-state index in [2.05, 4.69) is 4.98 Å². The van der Waals surface area contributed by atoms with Crippen LogP contribution in [-0.4, -0.2) is 45.6 Å². The molecule has 0 saturated carbocycles. The molecule has 1 fully saturated rings. The van der Waals surface area contributed by atoms with Gasteiger partial charge >= 0.3 is 0 Å². The molecule has 1 spiro atoms. The van der Waals surface area contributed by atoms with Gasteiger partial charge in [0.05, 0.1) is 12.3 Å². The minimum absolute atomic E-state index is 0.159. The van der Waals surface area contributed by atoms with Crippen molar-refractivity contribution >= 4 is 5.91 Å². The van der Waals surface area contributed by atoms with Gasteiger partial charge in [-0.1, -0.05) is 30.3 Å². The fourth-order valence-corrected chi connectivity index (χ4v) is 4.32. The van der Waals surface area contributed by atoms with Crippen molar-refractivity contribution in [3.63, 3.8) is 0 Å². The van der Waals surface area contributed by atoms with E-state index in [4.69, 9.17) is 19.2 Å². The summed E-state index contributed by atoms with van der Waals surface area (Å²) in [5, 5.41) is 9.16. The quantitative estimate of drug-likeness (QED) is 0.721. The number of benzene rings is 1. The topological polar surface area (TPSA) is 88.7 Å². The number of nitrogens with zero attached hydrogens (tertiary/aromatic N) is 3. The molecule has 1 aromatic carbocycles. The van der Waals surface area contributed by atoms with E-state index in [1.165, 1.54) is 0 Å². The van der Waals surface area contributed by atoms with Crippen LogP contribution in [0.1, 0.15) is 40.4 Å². The number of piperidine rings is 1. The zero-order valence-corrected chi connectivity index (χ0v) is 16.6. The Morgan fingerprint density at radius 1 is 1.13 bits per heavy atom. The zero-order valence-electron chi connectivity index (χ0n) is 16.6. The molecule has 30 heavy (non-hydrogen) atoms. The summed E-state index contributed by atoms with van der Waals surface area (Å²) in [4.78, 5) is 24.0. The van der Waals surface area contributed by atoms with Gasteiger partial charge in [-0.3, -0.25) is 4.79 Å². The molecule has 0 radical (unpaired) electrons. The fraction of sp³-hybridized carbons (Fsp3) is 0.348. The predicted octanol–water partition coefficient (Wildman–Crippen LogP) is 2.93. The lowest BCUT2D eigenvalue weighted by molar-refractivity contribution is -0.0968. The van der Waals surface area contributed by atoms with Crippen LogP contribution >= 0.6 is 0 Å². The number of amides is 1. The zero-order chi connectivity index (χ0) is 20.6. The monoisotopic (exact) mass is 405 g/mol. The molecule has 154 valence electrons. The summed E-state index contributed by atoms with van der Waals surface area (Å²) in [6, 6.07) is 13.2. The molecule has 1 N–H and O–H groups in total. The van der Waals surface area contributed by atoms with Crippen LogP contribution in [0.2, 0.25) is 0 Å². The molecule has 0 atom stereocenters. The first kappa shape index (κ1) is 19.0. The van der Waals surface area contributed by atoms with Crippen LogP contribution < -0.4 is 0 Å². The van der Waals surface area contributed by atoms with Crippen LogP contribution in [-0.2, 0) is 23.4 Å². The summed E-state index contributed by atoms with van der Waals surface area (Å²) in [6.45, 7) is 1.52. The van der Waals surface area contributed by atoms with E-state index in [-0.39, 0.29) is 18.3 Å². The summed E-state index contributed by atoms with van der Waals surface area (Å²) in [7, 11) is 0. The van der Waals surface area contributed by atoms with Gasteiger partial charge in [-0.25, -0.2) is 9.97 Å². The second-order valence-electron chi connectivity index (χ2n) is 7.74. The van der Waals surface area contributed by atoms with Crippen molar-refractivity contribution in [2.45, 2.75) is 31.5 Å². The molecule has 1 amide bonds. The van der Waals surface area contributed by atoms with Gasteiger partial charge in [0.15, 0.2) is 11.6 Å². The van der Waals surface area contributed by atoms with Crippen molar-refractivity contribution in [3.8, 4) is 11.4 Å². The molecule has 0 unspecified atom stereocenters. The maximum absolute atomic E-state index is 12.8. The van der Waals surface area contributed by atoms with Gasteiger partial charge < -0.3 is 19.2 Å². The Morgan fingerprint density at radius 2 is 1.93 bits per heavy atom. The van der Waals surface area contributed by atoms with Crippen molar-refractivity contribution in [1.29, 1.82) is 0 Å². The maximum Gasteiger partial charge on any atom is 0.289 e. The van der Waals surface area contributed by atoms with Crippen LogP contribution in [0.4, 0.5) is 0 Å². The molecule has 2 aromatic heterocycles. The van der Waals surface area contributed by atoms with Crippen molar-refractivity contribution in [1.82, 2.24) is 14.9 Å². The molecule has 5 rings (SSSR count). The number of aliphatic hydroxyl groups is 1. The van der Waals surface area contributed by atoms with Crippen LogP contribution in [0.25, 0.3) is 11.4 Å². The van der Waals surface area contributed by atoms with Crippen molar-refractivity contribution in [2.24, 2.45) is 0 Å². The smallest absolute Gasteiger partial charge is 0.289 e. The van der Waals surface area contributed by atoms with E-state index in [0.29, 0.717) is 44.1 Å². The Labute approximate surface area is 174 Å². The molecule has 4 heterocycles. The summed E-state index contributed by atoms with van der Waals surface area (Å²) in [6.07, 6.45) is 4.06. The Balaban J connectivity index is 1.39. The molecule has 7 heteroatoms. The van der Waals surface area contributed by atoms with Crippen LogP contribution in [0, 0.1) is 0 Å². The van der Waals surface area contributed by atoms with E-state index in [9.17, 15) is 4.79 Å². The lowest BCUT2D eigenvalue weighted by Gasteiger charge is -2.43. The molecule has 1 saturated heterocycles. The Kier molecular flexibility index (Phi) is 4.84. The summed E-state index contributed by atoms with van der Waals surface area (Å²) >= 11 is 0. The second-order valence-corrected chi connectivity index (χ2v) is 7.74. The number of likely N-dealkylation sites (tertiary alicyclic amines) is 1. The summed E-state index contributed by atoms with van der Waals surface area (Å²) in [5.41, 5.74) is 2.57. The SMILES string of the molecule is O=C(c1ccc(CO)o1)N1CCC2(CC1)OCCc1cnc(-c3ccccc3)nc12. The molecule has 2 aliphatic rings. The Morgan fingerprint density at radius 3 is 2.67 bits per heavy atom. The molecular weight excluding hydrogens is 382 g/mol. The van der Waals surface area contributed by atoms with Crippen LogP contribution in [0.15, 0.2) is 53.1 Å². The number of aliphatic hydroxyl groups excluding tert-OH is 1. The molecule has 0 aliphatic carbocycles. The lowest BCUT2D eigenvalue weighted by atomic mass is 9.83. The standard InChI is InChI=1S/C23H23N3O4/c27-15-18-6-7-19(30-18)22(28)26-11-9-23(10-12-26)20-17(8-13-29-23)14-24-21(25-20)16-4-2-1-3-5-16/h1-7,14,27H,8-13,15H2. The van der Waals surface area contributed by atoms with E-state index < -0.39 is 5.60 Å². The number of aromatic nitrogens is 2. The minimum Gasteiger partial charge on any atom is -0.453 e. The van der Waals surface area contributed by atoms with Crippen molar-refractivity contribution in [3.05, 3.63) is 71.4 Å². The van der Waals surface area contributed by atoms with Gasteiger partial charge in [0.2, 0.25) is 0 Å². The first-order chi connectivity index (χ1) is 14.7. The number of carbonyl (C=O) groups is 1. The highest BCUT2D eigenvalue weighted by Gasteiger charge is 2.43. The molecular formula is C23H23N3O4. The highest BCUT2D eigenvalue weighted by Crippen LogP contribution is 2.41. The van der Waals surface area contributed by atoms with Crippen molar-refractivity contribution < 1.29 is 19.1 Å². The Hall–Kier alpha value is -3.03. The average molecular weight is 405 g/mol. The maximum atomic E-state index is 12.8. The van der Waals surface area contributed by atoms with Gasteiger partial charge in [0.1, 0.15) is 18.0 Å². The first-order valence-electron chi connectivity index (χ1n) is 10.2. The molecule has 7 nitrogen and oxygen atoms in total. The van der Waals surface area contributed by atoms with Crippen molar-refractivity contribution in [2.75, 3.05) is 19.7 Å². The third-order valence-electron chi connectivity index (χ3n) is 5.96. The highest BCUT2D eigenvalue weighted by atomic mass is 16.5. The highest BCUT2D eigenvalue weighted by molar-refractivity contribution is 5.91. The number of furan rings is 1. The van der Waals surface area contributed by atoms with Gasteiger partial charge in [0.25, 0.3) is 5.91 Å². The number of fused-ring (bicyclic) bond motifs is 2. The number of hydrogen-bond donors (Lipinski definition) is 1. The Bertz CT molecular complexity index is 1060. The summed E-state index contributed by atoms with van der Waals surface area (Å²) in [5.74, 6) is 1.19. The van der Waals surface area contributed by atoms with Gasteiger partial charge in [0, 0.05) is 24.8 Å². The van der Waals surface area contributed by atoms with E-state index in [1.54, 1.807) is 17.0 Å². The summed E-state index contributed by atoms with van der Waals surface area (Å²) < 4.78 is 11.7. The van der Waals surface area contributed by atoms with E-state index in [0.717, 1.165) is 23.2 Å². The third kappa shape index (κ3) is 3.30. The largest absolute Gasteiger partial charge is 0.453 e. The predicted molar refractivity (Wildman–Crippen MR) is 109 cm³/mol. The third-order valence-corrected chi connectivity index (χ3v) is 5.96. The molecule has 2 aliphatic heterocycles. The van der Waals surface area contributed by atoms with Crippen LogP contribution in [0.3, 0.4) is 0 Å². The number of rotatable bonds is 3. The van der Waals surface area contributed by atoms with Gasteiger partial charge in [-0.2, -0.15) is 0 Å². The lowest BCUT2D eigenvalue weighted by Crippen LogP contribution is -2.48. The van der Waals surface area contributed by atoms with E-state index in [1.807, 2.05) is 36.5 Å². The number of ether oxygens (including phenoxy) is 1. The second kappa shape index (κ2) is 7.66. The minimum atomic E-state index is -0.490. The number of hydrogen-bond acceptors (Lipinski definition) is 6. The molecule has 3 aromatic rings. The first-order valence-corrected chi connectivity index (χ1v) is 10.2. The van der Waals surface area contributed by atoms with Gasteiger partial charge in [-0.15, -0.1) is 0 Å². The fourth-order valence-electron chi connectivity index (χ4n) is 4.32. The normalized spacial score (nSPS) is 17.7. The van der Waals surface area contributed by atoms with Gasteiger partial charge in [-0.05, 0) is 37.0 Å². The molecule has 0 bridgehead atoms. The van der Waals surface area contributed by atoms with E-state index >= 15 is 0 Å².